The lowest BCUT2D eigenvalue weighted by Crippen LogP contribution is -2.48. The van der Waals surface area contributed by atoms with E-state index in [9.17, 15) is 22.8 Å². The number of piperazine rings is 2. The number of hydrogen-bond acceptors (Lipinski definition) is 13. The van der Waals surface area contributed by atoms with Crippen LogP contribution < -0.4 is 30.1 Å². The van der Waals surface area contributed by atoms with E-state index in [2.05, 4.69) is 9.80 Å². The molecule has 2 aliphatic rings. The Labute approximate surface area is 439 Å². The Balaban J connectivity index is 0.000000182. The highest BCUT2D eigenvalue weighted by Gasteiger charge is 2.28. The average Bonchev–Trinajstić information content (AvgIpc) is 4.06. The van der Waals surface area contributed by atoms with E-state index in [1.165, 1.54) is 0 Å². The summed E-state index contributed by atoms with van der Waals surface area (Å²) in [6.07, 6.45) is 3.75. The molecule has 0 unspecified atom stereocenters. The van der Waals surface area contributed by atoms with Gasteiger partial charge >= 0.3 is 0 Å². The third-order valence-corrected chi connectivity index (χ3v) is 17.7. The SMILES string of the molecule is COc1ccc(-c2cn(C)c(=O)c3cc(CN4CCN(C(=O)c5ccccc5)CC4)sc23)cc1OC.COc1ccc(-c2cn(C)c(=O)c3cc(CN4CCN(S(=O)(=O)Cc5ccccc5)CC4)sc23)cc1OC. The third-order valence-electron chi connectivity index (χ3n) is 13.5. The number of rotatable bonds is 14. The average molecular weight is 1060 g/mol. The lowest BCUT2D eigenvalue weighted by atomic mass is 10.1. The van der Waals surface area contributed by atoms with E-state index in [4.69, 9.17) is 18.9 Å². The number of carbonyl (C=O) groups excluding carboxylic acids is 1. The Morgan fingerprint density at radius 3 is 1.42 bits per heavy atom. The van der Waals surface area contributed by atoms with Gasteiger partial charge in [-0.1, -0.05) is 60.7 Å². The first kappa shape index (κ1) is 52.1. The van der Waals surface area contributed by atoms with E-state index in [-0.39, 0.29) is 22.8 Å². The van der Waals surface area contributed by atoms with Crippen molar-refractivity contribution in [2.75, 3.05) is 80.8 Å². The summed E-state index contributed by atoms with van der Waals surface area (Å²) in [6, 6.07) is 34.3. The van der Waals surface area contributed by atoms with Crippen LogP contribution in [-0.2, 0) is 43.0 Å². The quantitative estimate of drug-likeness (QED) is 0.104. The summed E-state index contributed by atoms with van der Waals surface area (Å²) < 4.78 is 54.3. The molecule has 0 saturated carbocycles. The fourth-order valence-corrected chi connectivity index (χ4v) is 13.5. The molecule has 1 amide bonds. The minimum atomic E-state index is -3.36. The molecule has 18 heteroatoms. The van der Waals surface area contributed by atoms with Gasteiger partial charge in [-0.05, 0) is 65.2 Å². The molecule has 2 aliphatic heterocycles. The molecule has 0 N–H and O–H groups in total. The monoisotopic (exact) mass is 1060 g/mol. The second-order valence-electron chi connectivity index (χ2n) is 18.3. The van der Waals surface area contributed by atoms with Gasteiger partial charge in [0.25, 0.3) is 17.0 Å². The van der Waals surface area contributed by atoms with Gasteiger partial charge in [0.2, 0.25) is 10.0 Å². The molecule has 2 saturated heterocycles. The van der Waals surface area contributed by atoms with E-state index in [1.54, 1.807) is 78.6 Å². The maximum absolute atomic E-state index is 13.0. The Bertz CT molecular complexity index is 3520. The van der Waals surface area contributed by atoms with Crippen LogP contribution in [0.5, 0.6) is 23.0 Å². The van der Waals surface area contributed by atoms with Gasteiger partial charge in [-0.25, -0.2) is 8.42 Å². The van der Waals surface area contributed by atoms with Crippen LogP contribution in [0.1, 0.15) is 25.7 Å². The third kappa shape index (κ3) is 11.3. The number of carbonyl (C=O) groups is 1. The molecule has 74 heavy (non-hydrogen) atoms. The van der Waals surface area contributed by atoms with Gasteiger partial charge in [0, 0.05) is 128 Å². The Morgan fingerprint density at radius 2 is 0.973 bits per heavy atom. The molecule has 15 nitrogen and oxygen atoms in total. The normalized spacial score (nSPS) is 14.7. The first-order valence-electron chi connectivity index (χ1n) is 24.3. The molecular weight excluding hydrogens is 997 g/mol. The van der Waals surface area contributed by atoms with E-state index in [1.807, 2.05) is 126 Å². The number of methoxy groups -OCH3 is 4. The zero-order valence-electron chi connectivity index (χ0n) is 42.4. The van der Waals surface area contributed by atoms with Crippen LogP contribution in [0.4, 0.5) is 0 Å². The molecule has 0 atom stereocenters. The van der Waals surface area contributed by atoms with Crippen LogP contribution in [0.3, 0.4) is 0 Å². The smallest absolute Gasteiger partial charge is 0.259 e. The van der Waals surface area contributed by atoms with Gasteiger partial charge in [0.15, 0.2) is 23.0 Å². The fourth-order valence-electron chi connectivity index (χ4n) is 9.53. The molecule has 10 rings (SSSR count). The van der Waals surface area contributed by atoms with Crippen LogP contribution in [-0.4, -0.2) is 123 Å². The highest BCUT2D eigenvalue weighted by atomic mass is 32.2. The summed E-state index contributed by atoms with van der Waals surface area (Å²) in [5, 5.41) is 1.41. The van der Waals surface area contributed by atoms with E-state index in [0.29, 0.717) is 74.2 Å². The van der Waals surface area contributed by atoms with Crippen molar-refractivity contribution in [3.63, 3.8) is 0 Å². The van der Waals surface area contributed by atoms with Crippen LogP contribution in [0.2, 0.25) is 0 Å². The molecule has 2 fully saturated rings. The van der Waals surface area contributed by atoms with Gasteiger partial charge in [-0.3, -0.25) is 24.2 Å². The van der Waals surface area contributed by atoms with Gasteiger partial charge < -0.3 is 33.0 Å². The Kier molecular flexibility index (Phi) is 16.0. The summed E-state index contributed by atoms with van der Waals surface area (Å²) in [5.41, 5.74) is 5.34. The first-order valence-corrected chi connectivity index (χ1v) is 27.5. The second kappa shape index (κ2) is 22.8. The largest absolute Gasteiger partial charge is 0.493 e. The molecule has 4 aromatic heterocycles. The number of thiophene rings is 2. The molecule has 4 aromatic carbocycles. The Morgan fingerprint density at radius 1 is 0.541 bits per heavy atom. The maximum atomic E-state index is 13.0. The van der Waals surface area contributed by atoms with Crippen molar-refractivity contribution < 1.29 is 32.2 Å². The van der Waals surface area contributed by atoms with Crippen molar-refractivity contribution in [3.05, 3.63) is 163 Å². The highest BCUT2D eigenvalue weighted by Crippen LogP contribution is 2.40. The van der Waals surface area contributed by atoms with E-state index >= 15 is 0 Å². The predicted octanol–water partition coefficient (Wildman–Crippen LogP) is 8.17. The molecule has 0 radical (unpaired) electrons. The molecule has 386 valence electrons. The Hall–Kier alpha value is -6.80. The minimum absolute atomic E-state index is 0.00463. The molecule has 8 aromatic rings. The number of hydrogen-bond donors (Lipinski definition) is 0. The standard InChI is InChI=1S/C28H31N3O5S2.C28H29N3O4S/c1-29-18-24(21-9-10-25(35-2)26(15-21)36-3)27-23(28(29)32)16-22(37-27)17-30-11-13-31(14-12-30)38(33,34)19-20-7-5-4-6-8-20;1-29-18-23(20-9-10-24(34-2)25(15-20)35-3)26-22(28(29)33)16-21(36-26)17-30-11-13-31(14-12-30)27(32)19-7-5-4-6-8-19/h4-10,15-16,18H,11-14,17,19H2,1-3H3;4-10,15-16,18H,11-14,17H2,1-3H3. The number of sulfonamides is 1. The second-order valence-corrected chi connectivity index (χ2v) is 22.6. The molecule has 0 aliphatic carbocycles. The summed E-state index contributed by atoms with van der Waals surface area (Å²) in [6.45, 7) is 6.60. The predicted molar refractivity (Wildman–Crippen MR) is 295 cm³/mol. The minimum Gasteiger partial charge on any atom is -0.493 e. The van der Waals surface area contributed by atoms with Crippen LogP contribution >= 0.6 is 22.7 Å². The first-order chi connectivity index (χ1) is 35.8. The number of fused-ring (bicyclic) bond motifs is 2. The summed E-state index contributed by atoms with van der Waals surface area (Å²) >= 11 is 3.26. The van der Waals surface area contributed by atoms with Crippen LogP contribution in [0, 0.1) is 0 Å². The van der Waals surface area contributed by atoms with E-state index < -0.39 is 10.0 Å². The highest BCUT2D eigenvalue weighted by molar-refractivity contribution is 7.88. The van der Waals surface area contributed by atoms with Crippen LogP contribution in [0.15, 0.2) is 131 Å². The zero-order valence-corrected chi connectivity index (χ0v) is 44.9. The summed E-state index contributed by atoms with van der Waals surface area (Å²) in [4.78, 5) is 47.4. The zero-order chi connectivity index (χ0) is 52.1. The number of amides is 1. The van der Waals surface area contributed by atoms with Crippen molar-refractivity contribution in [2.24, 2.45) is 14.1 Å². The molecule has 0 spiro atoms. The lowest BCUT2D eigenvalue weighted by Gasteiger charge is -2.34. The van der Waals surface area contributed by atoms with Gasteiger partial charge in [-0.2, -0.15) is 4.31 Å². The number of aromatic nitrogens is 2. The molecule has 0 bridgehead atoms. The number of pyridine rings is 2. The van der Waals surface area contributed by atoms with E-state index in [0.717, 1.165) is 77.6 Å². The molecule has 6 heterocycles. The fraction of sp³-hybridized carbons (Fsp3) is 0.304. The summed E-state index contributed by atoms with van der Waals surface area (Å²) in [5.74, 6) is 2.70. The molecular formula is C56H60N6O9S3. The summed E-state index contributed by atoms with van der Waals surface area (Å²) in [7, 11) is 6.63. The van der Waals surface area contributed by atoms with Crippen molar-refractivity contribution in [1.29, 1.82) is 0 Å². The topological polar surface area (TPSA) is 145 Å². The van der Waals surface area contributed by atoms with Crippen molar-refractivity contribution in [2.45, 2.75) is 18.8 Å². The van der Waals surface area contributed by atoms with Gasteiger partial charge in [0.05, 0.1) is 45.0 Å². The van der Waals surface area contributed by atoms with Crippen molar-refractivity contribution >= 4 is 58.8 Å². The number of aryl methyl sites for hydroxylation is 2. The van der Waals surface area contributed by atoms with Gasteiger partial charge in [0.1, 0.15) is 0 Å². The maximum Gasteiger partial charge on any atom is 0.259 e. The lowest BCUT2D eigenvalue weighted by molar-refractivity contribution is 0.0629. The van der Waals surface area contributed by atoms with Crippen LogP contribution in [0.25, 0.3) is 42.4 Å². The number of benzene rings is 4. The van der Waals surface area contributed by atoms with Gasteiger partial charge in [-0.15, -0.1) is 22.7 Å². The van der Waals surface area contributed by atoms with Crippen molar-refractivity contribution in [3.8, 4) is 45.3 Å². The number of nitrogens with zero attached hydrogens (tertiary/aromatic N) is 6. The van der Waals surface area contributed by atoms with Crippen molar-refractivity contribution in [1.82, 2.24) is 28.1 Å². The number of ether oxygens (including phenoxy) is 4.